The molecule has 0 aliphatic rings. The number of benzene rings is 4. The molecule has 0 spiro atoms. The fourth-order valence-electron chi connectivity index (χ4n) is 5.05. The third kappa shape index (κ3) is 21.3. The summed E-state index contributed by atoms with van der Waals surface area (Å²) in [5.41, 5.74) is 1.89. The molecule has 0 bridgehead atoms. The van der Waals surface area contributed by atoms with E-state index in [4.69, 9.17) is 38.0 Å². The van der Waals surface area contributed by atoms with Gasteiger partial charge in [-0.05, 0) is 123 Å². The van der Waals surface area contributed by atoms with E-state index in [-0.39, 0.29) is 17.9 Å². The highest BCUT2D eigenvalue weighted by Crippen LogP contribution is 2.27. The van der Waals surface area contributed by atoms with Crippen LogP contribution in [0.15, 0.2) is 122 Å². The molecule has 0 fully saturated rings. The highest BCUT2D eigenvalue weighted by atomic mass is 16.6. The second-order valence-corrected chi connectivity index (χ2v) is 12.8. The molecule has 0 aliphatic carbocycles. The van der Waals surface area contributed by atoms with Crippen LogP contribution in [0.2, 0.25) is 0 Å². The zero-order chi connectivity index (χ0) is 43.6. The molecule has 12 heteroatoms. The van der Waals surface area contributed by atoms with Crippen LogP contribution < -0.4 is 18.9 Å². The minimum absolute atomic E-state index is 0.0680. The molecular weight excluding hydrogens is 769 g/mol. The van der Waals surface area contributed by atoms with E-state index in [9.17, 15) is 19.2 Å². The highest BCUT2D eigenvalue weighted by Gasteiger charge is 2.19. The number of carbonyl (C=O) groups is 5. The maximum Gasteiger partial charge on any atom is 0.343 e. The SMILES string of the molecule is C=CC(=O)OCCCCCCOc1ccc(C(=O)Oc2ccc(OC)cc2C(=O)OCc2ccccc2)cc1.C=CC=O.COCCCCCCOc1ccc(C=O)cc1. The lowest BCUT2D eigenvalue weighted by molar-refractivity contribution is -0.137. The molecule has 4 aromatic rings. The Kier molecular flexibility index (Phi) is 26.0. The van der Waals surface area contributed by atoms with Gasteiger partial charge in [0.15, 0.2) is 0 Å². The van der Waals surface area contributed by atoms with Crippen molar-refractivity contribution in [1.29, 1.82) is 0 Å². The standard InChI is InChI=1S/C31H32O8.C14H20O3.C3H4O/c1-3-29(32)37-20-10-5-4-9-19-36-25-15-13-24(14-16-25)30(33)39-28-18-17-26(35-2)21-27(28)31(34)38-22-23-11-7-6-8-12-23;1-16-10-4-2-3-5-11-17-14-8-6-13(12-15)7-9-14;1-2-3-4/h3,6-8,11-18,21H,1,4-5,9-10,19-20,22H2,2H3;6-9,12H,2-5,10-11H2,1H3;2-3H,1H2. The van der Waals surface area contributed by atoms with Gasteiger partial charge in [0.05, 0.1) is 32.5 Å². The van der Waals surface area contributed by atoms with Gasteiger partial charge < -0.3 is 33.2 Å². The van der Waals surface area contributed by atoms with Crippen molar-refractivity contribution in [3.05, 3.63) is 145 Å². The first-order valence-corrected chi connectivity index (χ1v) is 19.6. The van der Waals surface area contributed by atoms with Gasteiger partial charge in [0.25, 0.3) is 0 Å². The number of rotatable bonds is 25. The zero-order valence-electron chi connectivity index (χ0n) is 34.6. The van der Waals surface area contributed by atoms with Gasteiger partial charge in [0.1, 0.15) is 47.7 Å². The molecule has 0 aromatic heterocycles. The fraction of sp³-hybridized carbons (Fsp3) is 0.312. The van der Waals surface area contributed by atoms with E-state index >= 15 is 0 Å². The summed E-state index contributed by atoms with van der Waals surface area (Å²) in [4.78, 5) is 56.1. The number of aldehydes is 2. The quantitative estimate of drug-likeness (QED) is 0.0206. The van der Waals surface area contributed by atoms with Crippen LogP contribution in [0.5, 0.6) is 23.0 Å². The molecule has 4 aromatic carbocycles. The number of esters is 3. The molecule has 0 N–H and O–H groups in total. The van der Waals surface area contributed by atoms with Crippen molar-refractivity contribution in [2.45, 2.75) is 58.0 Å². The van der Waals surface area contributed by atoms with E-state index in [1.807, 2.05) is 42.5 Å². The molecule has 60 heavy (non-hydrogen) atoms. The van der Waals surface area contributed by atoms with Crippen LogP contribution in [0.3, 0.4) is 0 Å². The average molecular weight is 825 g/mol. The van der Waals surface area contributed by atoms with Crippen molar-refractivity contribution in [3.63, 3.8) is 0 Å². The molecule has 0 saturated heterocycles. The number of hydrogen-bond acceptors (Lipinski definition) is 12. The minimum Gasteiger partial charge on any atom is -0.497 e. The Bertz CT molecular complexity index is 1850. The van der Waals surface area contributed by atoms with E-state index in [2.05, 4.69) is 13.2 Å². The second-order valence-electron chi connectivity index (χ2n) is 12.8. The van der Waals surface area contributed by atoms with Crippen molar-refractivity contribution in [2.24, 2.45) is 0 Å². The number of ether oxygens (including phenoxy) is 7. The van der Waals surface area contributed by atoms with E-state index < -0.39 is 17.9 Å². The van der Waals surface area contributed by atoms with Gasteiger partial charge in [-0.25, -0.2) is 14.4 Å². The van der Waals surface area contributed by atoms with Crippen LogP contribution >= 0.6 is 0 Å². The van der Waals surface area contributed by atoms with Gasteiger partial charge in [-0.15, -0.1) is 0 Å². The molecule has 4 rings (SSSR count). The van der Waals surface area contributed by atoms with Gasteiger partial charge in [-0.1, -0.05) is 49.9 Å². The lowest BCUT2D eigenvalue weighted by Crippen LogP contribution is -2.13. The van der Waals surface area contributed by atoms with E-state index in [0.29, 0.717) is 42.1 Å². The molecule has 0 aliphatic heterocycles. The molecule has 0 atom stereocenters. The summed E-state index contributed by atoms with van der Waals surface area (Å²) in [7, 11) is 3.21. The maximum atomic E-state index is 12.8. The van der Waals surface area contributed by atoms with E-state index in [1.54, 1.807) is 49.6 Å². The number of carbonyl (C=O) groups excluding carboxylic acids is 5. The number of unbranched alkanes of at least 4 members (excludes halogenated alkanes) is 6. The largest absolute Gasteiger partial charge is 0.497 e. The number of allylic oxidation sites excluding steroid dienone is 1. The first kappa shape index (κ1) is 49.6. The number of hydrogen-bond donors (Lipinski definition) is 0. The first-order valence-electron chi connectivity index (χ1n) is 19.6. The summed E-state index contributed by atoms with van der Waals surface area (Å²) in [6.07, 6.45) is 11.8. The van der Waals surface area contributed by atoms with Crippen LogP contribution in [-0.4, -0.2) is 71.1 Å². The zero-order valence-corrected chi connectivity index (χ0v) is 34.6. The Labute approximate surface area is 353 Å². The third-order valence-electron chi connectivity index (χ3n) is 8.25. The van der Waals surface area contributed by atoms with Gasteiger partial charge in [-0.3, -0.25) is 9.59 Å². The highest BCUT2D eigenvalue weighted by molar-refractivity contribution is 5.96. The van der Waals surface area contributed by atoms with E-state index in [0.717, 1.165) is 81.8 Å². The van der Waals surface area contributed by atoms with E-state index in [1.165, 1.54) is 31.7 Å². The van der Waals surface area contributed by atoms with Crippen LogP contribution in [-0.2, 0) is 30.4 Å². The molecule has 0 amide bonds. The van der Waals surface area contributed by atoms with Crippen LogP contribution in [0.4, 0.5) is 0 Å². The van der Waals surface area contributed by atoms with Gasteiger partial charge >= 0.3 is 17.9 Å². The molecule has 12 nitrogen and oxygen atoms in total. The van der Waals surface area contributed by atoms with Crippen LogP contribution in [0.1, 0.15) is 88.0 Å². The van der Waals surface area contributed by atoms with Crippen molar-refractivity contribution >= 4 is 30.5 Å². The Hall–Kier alpha value is -6.53. The summed E-state index contributed by atoms with van der Waals surface area (Å²) in [6.45, 7) is 9.03. The van der Waals surface area contributed by atoms with Gasteiger partial charge in [0, 0.05) is 25.4 Å². The predicted molar refractivity (Wildman–Crippen MR) is 229 cm³/mol. The number of methoxy groups -OCH3 is 2. The second kappa shape index (κ2) is 31.5. The lowest BCUT2D eigenvalue weighted by atomic mass is 10.1. The Morgan fingerprint density at radius 2 is 1.15 bits per heavy atom. The first-order chi connectivity index (χ1) is 29.3. The Morgan fingerprint density at radius 1 is 0.600 bits per heavy atom. The van der Waals surface area contributed by atoms with Crippen LogP contribution in [0, 0.1) is 0 Å². The molecular formula is C48H56O12. The summed E-state index contributed by atoms with van der Waals surface area (Å²) >= 11 is 0. The Balaban J connectivity index is 0.000000488. The van der Waals surface area contributed by atoms with Gasteiger partial charge in [-0.2, -0.15) is 0 Å². The van der Waals surface area contributed by atoms with Crippen molar-refractivity contribution in [2.75, 3.05) is 40.6 Å². The average Bonchev–Trinajstić information content (AvgIpc) is 3.29. The molecule has 0 heterocycles. The van der Waals surface area contributed by atoms with Crippen molar-refractivity contribution < 1.29 is 57.1 Å². The summed E-state index contributed by atoms with van der Waals surface area (Å²) in [6, 6.07) is 27.6. The summed E-state index contributed by atoms with van der Waals surface area (Å²) in [5, 5.41) is 0. The third-order valence-corrected chi connectivity index (χ3v) is 8.25. The van der Waals surface area contributed by atoms with Crippen LogP contribution in [0.25, 0.3) is 0 Å². The summed E-state index contributed by atoms with van der Waals surface area (Å²) < 4.78 is 37.4. The van der Waals surface area contributed by atoms with Crippen molar-refractivity contribution in [3.8, 4) is 23.0 Å². The Morgan fingerprint density at radius 3 is 1.68 bits per heavy atom. The molecule has 320 valence electrons. The monoisotopic (exact) mass is 824 g/mol. The molecule has 0 radical (unpaired) electrons. The fourth-order valence-corrected chi connectivity index (χ4v) is 5.05. The maximum absolute atomic E-state index is 12.8. The lowest BCUT2D eigenvalue weighted by Gasteiger charge is -2.12. The topological polar surface area (TPSA) is 150 Å². The van der Waals surface area contributed by atoms with Crippen molar-refractivity contribution in [1.82, 2.24) is 0 Å². The minimum atomic E-state index is -0.637. The normalized spacial score (nSPS) is 9.90. The molecule has 0 unspecified atom stereocenters. The smallest absolute Gasteiger partial charge is 0.343 e. The summed E-state index contributed by atoms with van der Waals surface area (Å²) in [5.74, 6) is 0.283. The molecule has 0 saturated carbocycles. The van der Waals surface area contributed by atoms with Gasteiger partial charge in [0.2, 0.25) is 0 Å². The predicted octanol–water partition coefficient (Wildman–Crippen LogP) is 9.40.